The van der Waals surface area contributed by atoms with Crippen LogP contribution in [-0.2, 0) is 26.4 Å². The Labute approximate surface area is 253 Å². The number of carbonyl (C=O) groups is 1. The van der Waals surface area contributed by atoms with Crippen LogP contribution in [0.2, 0.25) is 0 Å². The molecule has 1 aliphatic rings. The number of aromatic nitrogens is 3. The summed E-state index contributed by atoms with van der Waals surface area (Å²) in [6.45, 7) is 8.64. The van der Waals surface area contributed by atoms with E-state index in [4.69, 9.17) is 18.6 Å². The number of fused-ring (bicyclic) bond motifs is 1. The van der Waals surface area contributed by atoms with Crippen LogP contribution in [0.1, 0.15) is 57.3 Å². The number of hydrogen-bond acceptors (Lipinski definition) is 9. The molecule has 1 aliphatic heterocycles. The average molecular weight is 611 g/mol. The molecule has 1 fully saturated rings. The standard InChI is InChI=1S/C31H38N4O7S/c1-6-31(4,29(37)32-7-2)35-27(36)24-19(3)25(26-33-14-17-41-26)43-28(24)34(30(35)38)18-23(42-20-12-15-40-16-13-20)21-10-8-9-11-22(21)39-5/h8-11,14,17,20,23H,6-7,12-13,15-16,18H2,1-5H3,(H,32,37)/t23-,31?/m0/s1. The van der Waals surface area contributed by atoms with Gasteiger partial charge in [0.15, 0.2) is 0 Å². The van der Waals surface area contributed by atoms with E-state index in [0.717, 1.165) is 10.1 Å². The Morgan fingerprint density at radius 2 is 1.98 bits per heavy atom. The number of carbonyl (C=O) groups excluding carboxylic acids is 1. The van der Waals surface area contributed by atoms with Gasteiger partial charge in [0.1, 0.15) is 28.5 Å². The highest BCUT2D eigenvalue weighted by Crippen LogP contribution is 2.38. The Bertz CT molecular complexity index is 1700. The smallest absolute Gasteiger partial charge is 0.333 e. The molecule has 0 aliphatic carbocycles. The number of thiophene rings is 1. The zero-order valence-corrected chi connectivity index (χ0v) is 26.0. The number of oxazole rings is 1. The molecule has 1 amide bonds. The van der Waals surface area contributed by atoms with Gasteiger partial charge in [0, 0.05) is 25.3 Å². The summed E-state index contributed by atoms with van der Waals surface area (Å²) in [6.07, 6.45) is 3.96. The first-order valence-corrected chi connectivity index (χ1v) is 15.4. The van der Waals surface area contributed by atoms with Crippen LogP contribution in [-0.4, -0.2) is 53.0 Å². The van der Waals surface area contributed by atoms with Gasteiger partial charge in [-0.1, -0.05) is 25.1 Å². The Morgan fingerprint density at radius 1 is 1.23 bits per heavy atom. The fraction of sp³-hybridized carbons (Fsp3) is 0.484. The summed E-state index contributed by atoms with van der Waals surface area (Å²) in [7, 11) is 1.60. The summed E-state index contributed by atoms with van der Waals surface area (Å²) in [4.78, 5) is 47.6. The first kappa shape index (κ1) is 30.7. The van der Waals surface area contributed by atoms with Crippen molar-refractivity contribution in [3.8, 4) is 16.5 Å². The Kier molecular flexibility index (Phi) is 9.19. The molecule has 4 aromatic rings. The first-order chi connectivity index (χ1) is 20.7. The van der Waals surface area contributed by atoms with Gasteiger partial charge in [0.05, 0.1) is 36.2 Å². The van der Waals surface area contributed by atoms with E-state index in [2.05, 4.69) is 10.3 Å². The molecule has 0 spiro atoms. The lowest BCUT2D eigenvalue weighted by Gasteiger charge is -2.31. The van der Waals surface area contributed by atoms with E-state index in [-0.39, 0.29) is 19.1 Å². The van der Waals surface area contributed by atoms with Crippen molar-refractivity contribution < 1.29 is 23.4 Å². The predicted molar refractivity (Wildman–Crippen MR) is 164 cm³/mol. The van der Waals surface area contributed by atoms with Crippen molar-refractivity contribution in [3.05, 3.63) is 68.7 Å². The third kappa shape index (κ3) is 5.66. The monoisotopic (exact) mass is 610 g/mol. The number of ether oxygens (including phenoxy) is 3. The predicted octanol–water partition coefficient (Wildman–Crippen LogP) is 4.39. The molecule has 5 rings (SSSR count). The Balaban J connectivity index is 1.77. The zero-order valence-electron chi connectivity index (χ0n) is 25.2. The summed E-state index contributed by atoms with van der Waals surface area (Å²) < 4.78 is 26.2. The van der Waals surface area contributed by atoms with Crippen molar-refractivity contribution in [2.24, 2.45) is 0 Å². The molecule has 0 radical (unpaired) electrons. The van der Waals surface area contributed by atoms with Crippen LogP contribution >= 0.6 is 11.3 Å². The van der Waals surface area contributed by atoms with Crippen molar-refractivity contribution >= 4 is 27.5 Å². The number of likely N-dealkylation sites (N-methyl/N-ethyl adjacent to an activating group) is 1. The third-order valence-electron chi connectivity index (χ3n) is 8.21. The highest BCUT2D eigenvalue weighted by molar-refractivity contribution is 7.22. The van der Waals surface area contributed by atoms with E-state index < -0.39 is 28.8 Å². The van der Waals surface area contributed by atoms with E-state index in [9.17, 15) is 14.4 Å². The second-order valence-corrected chi connectivity index (χ2v) is 11.8. The molecule has 230 valence electrons. The quantitative estimate of drug-likeness (QED) is 0.265. The lowest BCUT2D eigenvalue weighted by atomic mass is 9.96. The second kappa shape index (κ2) is 12.9. The van der Waals surface area contributed by atoms with Gasteiger partial charge in [-0.3, -0.25) is 14.2 Å². The molecule has 4 heterocycles. The highest BCUT2D eigenvalue weighted by atomic mass is 32.1. The van der Waals surface area contributed by atoms with Gasteiger partial charge in [0.2, 0.25) is 11.8 Å². The first-order valence-electron chi connectivity index (χ1n) is 14.6. The summed E-state index contributed by atoms with van der Waals surface area (Å²) >= 11 is 1.26. The van der Waals surface area contributed by atoms with Crippen molar-refractivity contribution in [2.45, 2.75) is 71.2 Å². The molecular formula is C31H38N4O7S. The topological polar surface area (TPSA) is 127 Å². The molecule has 0 bridgehead atoms. The number of hydrogen-bond donors (Lipinski definition) is 1. The summed E-state index contributed by atoms with van der Waals surface area (Å²) in [5.74, 6) is 0.578. The highest BCUT2D eigenvalue weighted by Gasteiger charge is 2.38. The molecule has 43 heavy (non-hydrogen) atoms. The van der Waals surface area contributed by atoms with Crippen LogP contribution in [0.15, 0.2) is 50.7 Å². The number of nitrogens with zero attached hydrogens (tertiary/aromatic N) is 3. The number of benzene rings is 1. The number of amides is 1. The molecule has 1 unspecified atom stereocenters. The van der Waals surface area contributed by atoms with Crippen molar-refractivity contribution in [1.82, 2.24) is 19.4 Å². The number of aryl methyl sites for hydroxylation is 1. The van der Waals surface area contributed by atoms with Crippen LogP contribution < -0.4 is 21.3 Å². The minimum atomic E-state index is -1.43. The van der Waals surface area contributed by atoms with Gasteiger partial charge in [-0.15, -0.1) is 11.3 Å². The fourth-order valence-corrected chi connectivity index (χ4v) is 6.85. The zero-order chi connectivity index (χ0) is 30.7. The second-order valence-electron chi connectivity index (χ2n) is 10.8. The van der Waals surface area contributed by atoms with E-state index in [1.165, 1.54) is 23.8 Å². The molecule has 1 N–H and O–H groups in total. The maximum absolute atomic E-state index is 14.5. The maximum atomic E-state index is 14.5. The normalized spacial score (nSPS) is 16.2. The van der Waals surface area contributed by atoms with E-state index >= 15 is 0 Å². The third-order valence-corrected chi connectivity index (χ3v) is 9.51. The van der Waals surface area contributed by atoms with Gasteiger partial charge in [-0.2, -0.15) is 0 Å². The van der Waals surface area contributed by atoms with Gasteiger partial charge >= 0.3 is 5.69 Å². The van der Waals surface area contributed by atoms with Gasteiger partial charge in [-0.05, 0) is 51.7 Å². The lowest BCUT2D eigenvalue weighted by Crippen LogP contribution is -2.57. The van der Waals surface area contributed by atoms with Crippen molar-refractivity contribution in [2.75, 3.05) is 26.9 Å². The number of para-hydroxylation sites is 1. The largest absolute Gasteiger partial charge is 0.496 e. The SMILES string of the molecule is CCNC(=O)C(C)(CC)n1c(=O)c2c(C)c(-c3ncco3)sc2n(C[C@H](OC2CCOCC2)c2ccccc2OC)c1=O. The van der Waals surface area contributed by atoms with Crippen LogP contribution in [0.25, 0.3) is 21.0 Å². The average Bonchev–Trinajstić information content (AvgIpc) is 3.67. The van der Waals surface area contributed by atoms with Crippen molar-refractivity contribution in [3.63, 3.8) is 0 Å². The van der Waals surface area contributed by atoms with E-state index in [0.29, 0.717) is 64.9 Å². The van der Waals surface area contributed by atoms with Crippen LogP contribution in [0.4, 0.5) is 0 Å². The molecule has 1 aromatic carbocycles. The van der Waals surface area contributed by atoms with E-state index in [1.807, 2.05) is 31.2 Å². The number of rotatable bonds is 11. The minimum Gasteiger partial charge on any atom is -0.496 e. The molecule has 3 aromatic heterocycles. The number of nitrogens with one attached hydrogen (secondary N) is 1. The van der Waals surface area contributed by atoms with Crippen molar-refractivity contribution in [1.29, 1.82) is 0 Å². The van der Waals surface area contributed by atoms with Crippen LogP contribution in [0.5, 0.6) is 5.75 Å². The molecule has 12 heteroatoms. The Morgan fingerprint density at radius 3 is 2.63 bits per heavy atom. The molecule has 11 nitrogen and oxygen atoms in total. The minimum absolute atomic E-state index is 0.0769. The molecular weight excluding hydrogens is 572 g/mol. The molecule has 0 saturated carbocycles. The van der Waals surface area contributed by atoms with E-state index in [1.54, 1.807) is 32.4 Å². The fourth-order valence-electron chi connectivity index (χ4n) is 5.61. The van der Waals surface area contributed by atoms with Gasteiger partial charge in [0.25, 0.3) is 5.56 Å². The summed E-state index contributed by atoms with van der Waals surface area (Å²) in [5.41, 5.74) is -1.15. The van der Waals surface area contributed by atoms with Gasteiger partial charge in [-0.25, -0.2) is 14.3 Å². The molecule has 1 saturated heterocycles. The maximum Gasteiger partial charge on any atom is 0.333 e. The number of methoxy groups -OCH3 is 1. The van der Waals surface area contributed by atoms with Crippen LogP contribution in [0, 0.1) is 6.92 Å². The Hall–Kier alpha value is -3.74. The van der Waals surface area contributed by atoms with Crippen LogP contribution in [0.3, 0.4) is 0 Å². The summed E-state index contributed by atoms with van der Waals surface area (Å²) in [5, 5.41) is 3.15. The van der Waals surface area contributed by atoms with Gasteiger partial charge < -0.3 is 23.9 Å². The summed E-state index contributed by atoms with van der Waals surface area (Å²) in [6, 6.07) is 7.55. The lowest BCUT2D eigenvalue weighted by molar-refractivity contribution is -0.129. The molecule has 2 atom stereocenters.